The Hall–Kier alpha value is -3.38. The number of nitrogens with zero attached hydrogens (tertiary/aromatic N) is 2. The Labute approximate surface area is 166 Å². The lowest BCUT2D eigenvalue weighted by Gasteiger charge is -2.09. The van der Waals surface area contributed by atoms with Crippen molar-refractivity contribution in [1.82, 2.24) is 15.0 Å². The number of H-pyrrole nitrogens is 1. The molecule has 0 aliphatic heterocycles. The van der Waals surface area contributed by atoms with Gasteiger partial charge >= 0.3 is 0 Å². The number of aromatic amines is 1. The van der Waals surface area contributed by atoms with Crippen LogP contribution >= 0.6 is 11.6 Å². The van der Waals surface area contributed by atoms with Crippen molar-refractivity contribution >= 4 is 34.4 Å². The Morgan fingerprint density at radius 1 is 1.18 bits per heavy atom. The molecule has 0 aliphatic carbocycles. The first kappa shape index (κ1) is 18.0. The van der Waals surface area contributed by atoms with Gasteiger partial charge < -0.3 is 15.0 Å². The molecule has 0 bridgehead atoms. The number of rotatable bonds is 4. The van der Waals surface area contributed by atoms with Crippen LogP contribution in [-0.4, -0.2) is 28.0 Å². The molecule has 2 aromatic heterocycles. The summed E-state index contributed by atoms with van der Waals surface area (Å²) in [6.07, 6.45) is 1.76. The van der Waals surface area contributed by atoms with Crippen LogP contribution in [0.4, 0.5) is 5.69 Å². The average molecular weight is 393 g/mol. The number of anilines is 1. The van der Waals surface area contributed by atoms with Crippen molar-refractivity contribution in [1.29, 1.82) is 0 Å². The van der Waals surface area contributed by atoms with Gasteiger partial charge in [-0.1, -0.05) is 17.7 Å². The minimum Gasteiger partial charge on any atom is -0.497 e. The number of amides is 1. The first-order valence-corrected chi connectivity index (χ1v) is 8.99. The number of aryl methyl sites for hydroxylation is 1. The SMILES string of the molecule is COc1cccc(C(=O)Nc2ccc(Cl)c(-c3nc4ncc(C)cc4[nH]3)c2)c1. The number of aromatic nitrogens is 3. The van der Waals surface area contributed by atoms with E-state index in [0.717, 1.165) is 11.1 Å². The van der Waals surface area contributed by atoms with Gasteiger partial charge in [0.25, 0.3) is 5.91 Å². The van der Waals surface area contributed by atoms with Gasteiger partial charge in [-0.3, -0.25) is 4.79 Å². The second kappa shape index (κ2) is 7.32. The van der Waals surface area contributed by atoms with Crippen molar-refractivity contribution in [3.8, 4) is 17.1 Å². The molecule has 7 heteroatoms. The zero-order valence-corrected chi connectivity index (χ0v) is 16.0. The number of carbonyl (C=O) groups excluding carboxylic acids is 1. The van der Waals surface area contributed by atoms with Crippen molar-refractivity contribution in [3.05, 3.63) is 70.9 Å². The Morgan fingerprint density at radius 3 is 2.86 bits per heavy atom. The third kappa shape index (κ3) is 3.54. The molecule has 2 aromatic carbocycles. The number of carbonyl (C=O) groups is 1. The minimum atomic E-state index is -0.242. The lowest BCUT2D eigenvalue weighted by molar-refractivity contribution is 0.102. The molecule has 28 heavy (non-hydrogen) atoms. The van der Waals surface area contributed by atoms with Gasteiger partial charge in [0.15, 0.2) is 5.65 Å². The van der Waals surface area contributed by atoms with Gasteiger partial charge in [-0.15, -0.1) is 0 Å². The van der Waals surface area contributed by atoms with Gasteiger partial charge in [0, 0.05) is 23.0 Å². The number of hydrogen-bond donors (Lipinski definition) is 2. The summed E-state index contributed by atoms with van der Waals surface area (Å²) in [6.45, 7) is 1.97. The summed E-state index contributed by atoms with van der Waals surface area (Å²) in [5.41, 5.74) is 4.27. The monoisotopic (exact) mass is 392 g/mol. The molecule has 0 fully saturated rings. The third-order valence-electron chi connectivity index (χ3n) is 4.29. The highest BCUT2D eigenvalue weighted by atomic mass is 35.5. The molecular formula is C21H17ClN4O2. The molecule has 6 nitrogen and oxygen atoms in total. The van der Waals surface area contributed by atoms with Crippen LogP contribution in [0.2, 0.25) is 5.02 Å². The Bertz CT molecular complexity index is 1190. The normalized spacial score (nSPS) is 10.8. The first-order valence-electron chi connectivity index (χ1n) is 8.61. The largest absolute Gasteiger partial charge is 0.497 e. The van der Waals surface area contributed by atoms with Gasteiger partial charge in [0.1, 0.15) is 11.6 Å². The molecule has 0 aliphatic rings. The topological polar surface area (TPSA) is 79.9 Å². The quantitative estimate of drug-likeness (QED) is 0.520. The molecule has 0 saturated heterocycles. The Kier molecular flexibility index (Phi) is 4.71. The zero-order chi connectivity index (χ0) is 19.7. The summed E-state index contributed by atoms with van der Waals surface area (Å²) in [7, 11) is 1.56. The highest BCUT2D eigenvalue weighted by molar-refractivity contribution is 6.33. The summed E-state index contributed by atoms with van der Waals surface area (Å²) in [4.78, 5) is 24.6. The number of fused-ring (bicyclic) bond motifs is 1. The fourth-order valence-corrected chi connectivity index (χ4v) is 3.09. The second-order valence-corrected chi connectivity index (χ2v) is 6.76. The summed E-state index contributed by atoms with van der Waals surface area (Å²) in [5.74, 6) is 0.971. The Morgan fingerprint density at radius 2 is 2.04 bits per heavy atom. The molecule has 2 N–H and O–H groups in total. The lowest BCUT2D eigenvalue weighted by atomic mass is 10.1. The van der Waals surface area contributed by atoms with Crippen LogP contribution in [0.3, 0.4) is 0 Å². The standard InChI is InChI=1S/C21H17ClN4O2/c1-12-8-18-20(23-11-12)26-19(25-18)16-10-14(6-7-17(16)22)24-21(27)13-4-3-5-15(9-13)28-2/h3-11H,1-2H3,(H,24,27)(H,23,25,26). The van der Waals surface area contributed by atoms with E-state index in [1.165, 1.54) is 0 Å². The van der Waals surface area contributed by atoms with E-state index in [9.17, 15) is 4.79 Å². The molecular weight excluding hydrogens is 376 g/mol. The number of hydrogen-bond acceptors (Lipinski definition) is 4. The number of halogens is 1. The van der Waals surface area contributed by atoms with Gasteiger partial charge in [0.05, 0.1) is 17.6 Å². The predicted octanol–water partition coefficient (Wildman–Crippen LogP) is 4.85. The van der Waals surface area contributed by atoms with Crippen molar-refractivity contribution < 1.29 is 9.53 Å². The summed E-state index contributed by atoms with van der Waals surface area (Å²) in [5, 5.41) is 3.40. The van der Waals surface area contributed by atoms with Crippen molar-refractivity contribution in [2.24, 2.45) is 0 Å². The maximum Gasteiger partial charge on any atom is 0.255 e. The van der Waals surface area contributed by atoms with Crippen LogP contribution in [-0.2, 0) is 0 Å². The highest BCUT2D eigenvalue weighted by Gasteiger charge is 2.13. The number of benzene rings is 2. The van der Waals surface area contributed by atoms with Crippen molar-refractivity contribution in [2.75, 3.05) is 12.4 Å². The van der Waals surface area contributed by atoms with Gasteiger partial charge in [-0.05, 0) is 55.0 Å². The van der Waals surface area contributed by atoms with Crippen LogP contribution in [0.1, 0.15) is 15.9 Å². The number of ether oxygens (including phenoxy) is 1. The average Bonchev–Trinajstić information content (AvgIpc) is 3.12. The van der Waals surface area contributed by atoms with E-state index in [4.69, 9.17) is 16.3 Å². The molecule has 4 rings (SSSR count). The summed E-state index contributed by atoms with van der Waals surface area (Å²) < 4.78 is 5.17. The number of methoxy groups -OCH3 is 1. The molecule has 0 radical (unpaired) electrons. The van der Waals surface area contributed by atoms with Crippen LogP contribution in [0.15, 0.2) is 54.7 Å². The van der Waals surface area contributed by atoms with E-state index < -0.39 is 0 Å². The maximum absolute atomic E-state index is 12.6. The van der Waals surface area contributed by atoms with Crippen LogP contribution < -0.4 is 10.1 Å². The smallest absolute Gasteiger partial charge is 0.255 e. The third-order valence-corrected chi connectivity index (χ3v) is 4.62. The number of imidazole rings is 1. The van der Waals surface area contributed by atoms with E-state index in [1.54, 1.807) is 55.8 Å². The maximum atomic E-state index is 12.6. The van der Waals surface area contributed by atoms with Gasteiger partial charge in [-0.2, -0.15) is 0 Å². The molecule has 0 unspecified atom stereocenters. The van der Waals surface area contributed by atoms with Crippen LogP contribution in [0.25, 0.3) is 22.6 Å². The second-order valence-electron chi connectivity index (χ2n) is 6.35. The fraction of sp³-hybridized carbons (Fsp3) is 0.0952. The van der Waals surface area contributed by atoms with Gasteiger partial charge in [-0.25, -0.2) is 9.97 Å². The number of nitrogens with one attached hydrogen (secondary N) is 2. The van der Waals surface area contributed by atoms with Crippen molar-refractivity contribution in [3.63, 3.8) is 0 Å². The predicted molar refractivity (Wildman–Crippen MR) is 110 cm³/mol. The molecule has 1 amide bonds. The molecule has 4 aromatic rings. The van der Waals surface area contributed by atoms with Crippen molar-refractivity contribution in [2.45, 2.75) is 6.92 Å². The van der Waals surface area contributed by atoms with E-state index in [1.807, 2.05) is 13.0 Å². The first-order chi connectivity index (χ1) is 13.5. The zero-order valence-electron chi connectivity index (χ0n) is 15.3. The van der Waals surface area contributed by atoms with Crippen LogP contribution in [0.5, 0.6) is 5.75 Å². The summed E-state index contributed by atoms with van der Waals surface area (Å²) in [6, 6.07) is 14.2. The summed E-state index contributed by atoms with van der Waals surface area (Å²) >= 11 is 6.37. The lowest BCUT2D eigenvalue weighted by Crippen LogP contribution is -2.12. The molecule has 0 saturated carbocycles. The molecule has 140 valence electrons. The molecule has 0 spiro atoms. The highest BCUT2D eigenvalue weighted by Crippen LogP contribution is 2.30. The van der Waals surface area contributed by atoms with Crippen LogP contribution in [0, 0.1) is 6.92 Å². The minimum absolute atomic E-state index is 0.242. The molecule has 0 atom stereocenters. The van der Waals surface area contributed by atoms with Gasteiger partial charge in [0.2, 0.25) is 0 Å². The Balaban J connectivity index is 1.65. The van der Waals surface area contributed by atoms with E-state index in [0.29, 0.717) is 39.1 Å². The van der Waals surface area contributed by atoms with E-state index in [2.05, 4.69) is 20.3 Å². The fourth-order valence-electron chi connectivity index (χ4n) is 2.88. The van der Waals surface area contributed by atoms with E-state index in [-0.39, 0.29) is 5.91 Å². The molecule has 2 heterocycles. The number of pyridine rings is 1. The van der Waals surface area contributed by atoms with E-state index >= 15 is 0 Å².